The Labute approximate surface area is 129 Å². The average Bonchev–Trinajstić information content (AvgIpc) is 2.51. The van der Waals surface area contributed by atoms with Gasteiger partial charge in [-0.1, -0.05) is 30.3 Å². The van der Waals surface area contributed by atoms with Crippen molar-refractivity contribution in [2.45, 2.75) is 6.54 Å². The number of hydrogen-bond donors (Lipinski definition) is 2. The maximum atomic E-state index is 11.8. The standard InChI is InChI=1S/C15H18ClN3O2/c16-6-7-18-15(21)14(10-17)12-19(8-9-20)11-13-4-2-1-3-5-13/h1-5,12,20H,6-9,11H2,(H,18,21)/b14-12-. The fourth-order valence-corrected chi connectivity index (χ4v) is 1.81. The van der Waals surface area contributed by atoms with Crippen molar-refractivity contribution in [3.63, 3.8) is 0 Å². The van der Waals surface area contributed by atoms with Gasteiger partial charge in [0.1, 0.15) is 11.6 Å². The third-order valence-electron chi connectivity index (χ3n) is 2.67. The minimum absolute atomic E-state index is 0.00972. The van der Waals surface area contributed by atoms with Crippen molar-refractivity contribution in [3.8, 4) is 6.07 Å². The number of nitrogens with zero attached hydrogens (tertiary/aromatic N) is 2. The van der Waals surface area contributed by atoms with Crippen LogP contribution in [0.3, 0.4) is 0 Å². The molecular weight excluding hydrogens is 290 g/mol. The van der Waals surface area contributed by atoms with Crippen LogP contribution in [0.5, 0.6) is 0 Å². The van der Waals surface area contributed by atoms with Gasteiger partial charge in [0.25, 0.3) is 5.91 Å². The van der Waals surface area contributed by atoms with E-state index in [1.54, 1.807) is 4.90 Å². The number of halogens is 1. The maximum absolute atomic E-state index is 11.8. The highest BCUT2D eigenvalue weighted by Crippen LogP contribution is 2.07. The molecule has 112 valence electrons. The van der Waals surface area contributed by atoms with E-state index in [0.717, 1.165) is 5.56 Å². The molecule has 0 fully saturated rings. The normalized spacial score (nSPS) is 10.8. The van der Waals surface area contributed by atoms with Crippen LogP contribution in [0, 0.1) is 11.3 Å². The molecule has 1 aromatic carbocycles. The first-order valence-electron chi connectivity index (χ1n) is 6.56. The molecule has 0 aliphatic rings. The molecule has 0 spiro atoms. The smallest absolute Gasteiger partial charge is 0.263 e. The lowest BCUT2D eigenvalue weighted by Gasteiger charge is -2.20. The summed E-state index contributed by atoms with van der Waals surface area (Å²) in [5, 5.41) is 20.7. The van der Waals surface area contributed by atoms with E-state index in [2.05, 4.69) is 5.32 Å². The number of aliphatic hydroxyl groups excluding tert-OH is 1. The Morgan fingerprint density at radius 2 is 2.14 bits per heavy atom. The van der Waals surface area contributed by atoms with E-state index in [9.17, 15) is 4.79 Å². The lowest BCUT2D eigenvalue weighted by atomic mass is 10.2. The summed E-state index contributed by atoms with van der Waals surface area (Å²) in [6.07, 6.45) is 1.47. The summed E-state index contributed by atoms with van der Waals surface area (Å²) in [5.41, 5.74) is 1.02. The van der Waals surface area contributed by atoms with Gasteiger partial charge in [-0.25, -0.2) is 0 Å². The highest BCUT2D eigenvalue weighted by molar-refractivity contribution is 6.18. The third kappa shape index (κ3) is 6.30. The zero-order valence-corrected chi connectivity index (χ0v) is 12.4. The zero-order chi connectivity index (χ0) is 15.5. The van der Waals surface area contributed by atoms with E-state index in [1.807, 2.05) is 36.4 Å². The summed E-state index contributed by atoms with van der Waals surface area (Å²) in [7, 11) is 0. The number of nitriles is 1. The maximum Gasteiger partial charge on any atom is 0.263 e. The Morgan fingerprint density at radius 3 is 2.71 bits per heavy atom. The van der Waals surface area contributed by atoms with Gasteiger partial charge in [-0.15, -0.1) is 11.6 Å². The zero-order valence-electron chi connectivity index (χ0n) is 11.6. The van der Waals surface area contributed by atoms with Gasteiger partial charge in [0.15, 0.2) is 0 Å². The Morgan fingerprint density at radius 1 is 1.43 bits per heavy atom. The molecular formula is C15H18ClN3O2. The lowest BCUT2D eigenvalue weighted by molar-refractivity contribution is -0.117. The minimum Gasteiger partial charge on any atom is -0.395 e. The van der Waals surface area contributed by atoms with Crippen molar-refractivity contribution in [1.29, 1.82) is 5.26 Å². The van der Waals surface area contributed by atoms with Crippen molar-refractivity contribution < 1.29 is 9.90 Å². The third-order valence-corrected chi connectivity index (χ3v) is 2.86. The fourth-order valence-electron chi connectivity index (χ4n) is 1.71. The number of hydrogen-bond acceptors (Lipinski definition) is 4. The monoisotopic (exact) mass is 307 g/mol. The quantitative estimate of drug-likeness (QED) is 0.430. The number of carbonyl (C=O) groups is 1. The number of alkyl halides is 1. The molecule has 6 heteroatoms. The van der Waals surface area contributed by atoms with E-state index in [-0.39, 0.29) is 18.1 Å². The predicted molar refractivity (Wildman–Crippen MR) is 81.4 cm³/mol. The highest BCUT2D eigenvalue weighted by Gasteiger charge is 2.10. The van der Waals surface area contributed by atoms with Crippen molar-refractivity contribution in [3.05, 3.63) is 47.7 Å². The summed E-state index contributed by atoms with van der Waals surface area (Å²) in [6, 6.07) is 11.5. The molecule has 21 heavy (non-hydrogen) atoms. The second kappa shape index (κ2) is 9.81. The highest BCUT2D eigenvalue weighted by atomic mass is 35.5. The number of nitrogens with one attached hydrogen (secondary N) is 1. The Balaban J connectivity index is 2.80. The van der Waals surface area contributed by atoms with Crippen molar-refractivity contribution in [1.82, 2.24) is 10.2 Å². The van der Waals surface area contributed by atoms with E-state index >= 15 is 0 Å². The molecule has 0 aliphatic heterocycles. The predicted octanol–water partition coefficient (Wildman–Crippen LogP) is 1.24. The largest absolute Gasteiger partial charge is 0.395 e. The molecule has 0 atom stereocenters. The molecule has 1 rings (SSSR count). The molecule has 0 saturated carbocycles. The van der Waals surface area contributed by atoms with Gasteiger partial charge < -0.3 is 15.3 Å². The molecule has 2 N–H and O–H groups in total. The Hall–Kier alpha value is -2.03. The second-order valence-corrected chi connectivity index (χ2v) is 4.66. The first kappa shape index (κ1) is 17.0. The van der Waals surface area contributed by atoms with Gasteiger partial charge in [0, 0.05) is 31.7 Å². The second-order valence-electron chi connectivity index (χ2n) is 4.28. The fraction of sp³-hybridized carbons (Fsp3) is 0.333. The van der Waals surface area contributed by atoms with Crippen LogP contribution in [0.2, 0.25) is 0 Å². The van der Waals surface area contributed by atoms with E-state index in [0.29, 0.717) is 19.6 Å². The van der Waals surface area contributed by atoms with E-state index < -0.39 is 5.91 Å². The van der Waals surface area contributed by atoms with Crippen LogP contribution in [-0.4, -0.2) is 41.5 Å². The Kier molecular flexibility index (Phi) is 7.95. The number of carbonyl (C=O) groups excluding carboxylic acids is 1. The van der Waals surface area contributed by atoms with E-state index in [1.165, 1.54) is 6.20 Å². The van der Waals surface area contributed by atoms with Crippen LogP contribution >= 0.6 is 11.6 Å². The molecule has 0 unspecified atom stereocenters. The first-order chi connectivity index (χ1) is 10.2. The number of benzene rings is 1. The van der Waals surface area contributed by atoms with Crippen LogP contribution in [0.4, 0.5) is 0 Å². The molecule has 0 aromatic heterocycles. The molecule has 0 heterocycles. The average molecular weight is 308 g/mol. The molecule has 0 radical (unpaired) electrons. The van der Waals surface area contributed by atoms with Crippen LogP contribution < -0.4 is 5.32 Å². The van der Waals surface area contributed by atoms with Gasteiger partial charge in [-0.05, 0) is 5.56 Å². The van der Waals surface area contributed by atoms with Gasteiger partial charge in [0.05, 0.1) is 6.61 Å². The summed E-state index contributed by atoms with van der Waals surface area (Å²) >= 11 is 5.50. The van der Waals surface area contributed by atoms with E-state index in [4.69, 9.17) is 22.0 Å². The number of amides is 1. The summed E-state index contributed by atoms with van der Waals surface area (Å²) in [4.78, 5) is 13.5. The van der Waals surface area contributed by atoms with Crippen molar-refractivity contribution in [2.24, 2.45) is 0 Å². The van der Waals surface area contributed by atoms with Crippen molar-refractivity contribution >= 4 is 17.5 Å². The Bertz CT molecular complexity index is 511. The molecule has 0 bridgehead atoms. The lowest BCUT2D eigenvalue weighted by Crippen LogP contribution is -2.29. The van der Waals surface area contributed by atoms with Gasteiger partial charge >= 0.3 is 0 Å². The van der Waals surface area contributed by atoms with Crippen molar-refractivity contribution in [2.75, 3.05) is 25.6 Å². The van der Waals surface area contributed by atoms with Gasteiger partial charge in [0.2, 0.25) is 0 Å². The first-order valence-corrected chi connectivity index (χ1v) is 7.09. The molecule has 5 nitrogen and oxygen atoms in total. The molecule has 0 saturated heterocycles. The summed E-state index contributed by atoms with van der Waals surface area (Å²) < 4.78 is 0. The minimum atomic E-state index is -0.464. The van der Waals surface area contributed by atoms with Crippen LogP contribution in [0.25, 0.3) is 0 Å². The van der Waals surface area contributed by atoms with Crippen LogP contribution in [-0.2, 0) is 11.3 Å². The topological polar surface area (TPSA) is 76.4 Å². The molecule has 1 amide bonds. The number of rotatable bonds is 8. The molecule has 1 aromatic rings. The van der Waals surface area contributed by atoms with Gasteiger partial charge in [-0.3, -0.25) is 4.79 Å². The number of aliphatic hydroxyl groups is 1. The summed E-state index contributed by atoms with van der Waals surface area (Å²) in [5.74, 6) is -0.177. The molecule has 0 aliphatic carbocycles. The summed E-state index contributed by atoms with van der Waals surface area (Å²) in [6.45, 7) is 1.08. The van der Waals surface area contributed by atoms with Crippen LogP contribution in [0.1, 0.15) is 5.56 Å². The van der Waals surface area contributed by atoms with Crippen LogP contribution in [0.15, 0.2) is 42.1 Å². The SMILES string of the molecule is N#C/C(=C/N(CCO)Cc1ccccc1)C(=O)NCCCl. The van der Waals surface area contributed by atoms with Gasteiger partial charge in [-0.2, -0.15) is 5.26 Å².